The van der Waals surface area contributed by atoms with Crippen molar-refractivity contribution in [3.8, 4) is 11.3 Å². The molecule has 1 aromatic carbocycles. The number of nitrogens with two attached hydrogens (primary N) is 1. The molecule has 0 saturated carbocycles. The van der Waals surface area contributed by atoms with Crippen LogP contribution in [-0.4, -0.2) is 16.7 Å². The van der Waals surface area contributed by atoms with Gasteiger partial charge in [-0.05, 0) is 45.4 Å². The fraction of sp³-hybridized carbons (Fsp3) is 0.353. The van der Waals surface area contributed by atoms with Crippen LogP contribution in [0.2, 0.25) is 0 Å². The summed E-state index contributed by atoms with van der Waals surface area (Å²) >= 11 is 0. The van der Waals surface area contributed by atoms with Crippen LogP contribution < -0.4 is 11.1 Å². The zero-order valence-corrected chi connectivity index (χ0v) is 13.8. The predicted molar refractivity (Wildman–Crippen MR) is 89.8 cm³/mol. The quantitative estimate of drug-likeness (QED) is 0.788. The lowest BCUT2D eigenvalue weighted by Crippen LogP contribution is -2.27. The van der Waals surface area contributed by atoms with Gasteiger partial charge in [-0.25, -0.2) is 9.18 Å². The fourth-order valence-corrected chi connectivity index (χ4v) is 2.14. The van der Waals surface area contributed by atoms with Crippen LogP contribution in [0.5, 0.6) is 0 Å². The van der Waals surface area contributed by atoms with E-state index in [2.05, 4.69) is 10.3 Å². The van der Waals surface area contributed by atoms with E-state index in [0.29, 0.717) is 16.9 Å². The summed E-state index contributed by atoms with van der Waals surface area (Å²) in [5, 5.41) is 2.40. The maximum Gasteiger partial charge on any atom is 0.412 e. The first-order valence-electron chi connectivity index (χ1n) is 7.47. The van der Waals surface area contributed by atoms with Gasteiger partial charge >= 0.3 is 6.09 Å². The normalized spacial score (nSPS) is 11.3. The number of ether oxygens (including phenoxy) is 1. The van der Waals surface area contributed by atoms with Crippen LogP contribution in [0.1, 0.15) is 33.4 Å². The molecule has 0 aliphatic carbocycles. The number of hydrogen-bond acceptors (Lipinski definition) is 3. The molecule has 1 heterocycles. The van der Waals surface area contributed by atoms with Crippen molar-refractivity contribution in [3.05, 3.63) is 35.8 Å². The lowest BCUT2D eigenvalue weighted by atomic mass is 10.1. The molecular weight excluding hydrogens is 297 g/mol. The highest BCUT2D eigenvalue weighted by molar-refractivity contribution is 5.86. The maximum absolute atomic E-state index is 14.2. The number of aryl methyl sites for hydroxylation is 1. The number of benzene rings is 1. The number of nitrogens with one attached hydrogen (secondary N) is 2. The van der Waals surface area contributed by atoms with Gasteiger partial charge in [-0.1, -0.05) is 13.0 Å². The van der Waals surface area contributed by atoms with Gasteiger partial charge in [0.15, 0.2) is 0 Å². The molecule has 5 nitrogen and oxygen atoms in total. The third-order valence-corrected chi connectivity index (χ3v) is 3.18. The fourth-order valence-electron chi connectivity index (χ4n) is 2.14. The number of amides is 1. The van der Waals surface area contributed by atoms with Gasteiger partial charge in [0.25, 0.3) is 0 Å². The van der Waals surface area contributed by atoms with E-state index in [9.17, 15) is 9.18 Å². The molecule has 1 amide bonds. The number of carbonyl (C=O) groups excluding carboxylic acids is 1. The van der Waals surface area contributed by atoms with E-state index >= 15 is 0 Å². The molecule has 0 saturated heterocycles. The van der Waals surface area contributed by atoms with E-state index in [1.807, 2.05) is 13.0 Å². The number of nitrogen functional groups attached to an aromatic ring is 1. The number of H-pyrrole nitrogens is 1. The Morgan fingerprint density at radius 3 is 2.57 bits per heavy atom. The van der Waals surface area contributed by atoms with E-state index < -0.39 is 17.5 Å². The first-order chi connectivity index (χ1) is 10.7. The molecule has 2 rings (SSSR count). The van der Waals surface area contributed by atoms with Crippen LogP contribution >= 0.6 is 0 Å². The maximum atomic E-state index is 14.2. The average molecular weight is 319 g/mol. The van der Waals surface area contributed by atoms with Crippen LogP contribution in [0, 0.1) is 5.82 Å². The van der Waals surface area contributed by atoms with Gasteiger partial charge in [0.05, 0.1) is 17.1 Å². The molecule has 124 valence electrons. The minimum atomic E-state index is -0.697. The number of halogens is 1. The first-order valence-corrected chi connectivity index (χ1v) is 7.47. The van der Waals surface area contributed by atoms with Crippen LogP contribution in [-0.2, 0) is 11.2 Å². The molecule has 0 aliphatic heterocycles. The highest BCUT2D eigenvalue weighted by Crippen LogP contribution is 2.29. The topological polar surface area (TPSA) is 80.1 Å². The summed E-state index contributed by atoms with van der Waals surface area (Å²) in [7, 11) is 0. The Labute approximate surface area is 135 Å². The Kier molecular flexibility index (Phi) is 4.63. The molecule has 0 spiro atoms. The molecule has 0 bridgehead atoms. The standard InChI is InChI=1S/C17H22FN3O2/c1-5-11-9-13(19)15(20-11)10-6-7-14(12(18)8-10)21-16(22)23-17(2,3)4/h6-9,20H,5,19H2,1-4H3,(H,21,22). The van der Waals surface area contributed by atoms with Crippen LogP contribution in [0.4, 0.5) is 20.6 Å². The Bertz CT molecular complexity index is 717. The SMILES string of the molecule is CCc1cc(N)c(-c2ccc(NC(=O)OC(C)(C)C)c(F)c2)[nH]1. The second-order valence-electron chi connectivity index (χ2n) is 6.30. The smallest absolute Gasteiger partial charge is 0.412 e. The summed E-state index contributed by atoms with van der Waals surface area (Å²) in [6, 6.07) is 6.34. The summed E-state index contributed by atoms with van der Waals surface area (Å²) in [6.45, 7) is 7.23. The second kappa shape index (κ2) is 6.32. The average Bonchev–Trinajstić information content (AvgIpc) is 2.80. The van der Waals surface area contributed by atoms with E-state index in [0.717, 1.165) is 12.1 Å². The second-order valence-corrected chi connectivity index (χ2v) is 6.30. The molecular formula is C17H22FN3O2. The van der Waals surface area contributed by atoms with Gasteiger partial charge in [0.2, 0.25) is 0 Å². The number of aromatic amines is 1. The molecule has 0 unspecified atom stereocenters. The number of aromatic nitrogens is 1. The number of rotatable bonds is 3. The highest BCUT2D eigenvalue weighted by Gasteiger charge is 2.18. The Morgan fingerprint density at radius 1 is 1.35 bits per heavy atom. The van der Waals surface area contributed by atoms with Gasteiger partial charge in [-0.2, -0.15) is 0 Å². The van der Waals surface area contributed by atoms with Crippen LogP contribution in [0.25, 0.3) is 11.3 Å². The van der Waals surface area contributed by atoms with E-state index in [4.69, 9.17) is 10.5 Å². The molecule has 0 aliphatic rings. The van der Waals surface area contributed by atoms with Crippen molar-refractivity contribution in [3.63, 3.8) is 0 Å². The van der Waals surface area contributed by atoms with Gasteiger partial charge in [0, 0.05) is 11.3 Å². The number of hydrogen-bond donors (Lipinski definition) is 3. The lowest BCUT2D eigenvalue weighted by molar-refractivity contribution is 0.0635. The molecule has 0 atom stereocenters. The predicted octanol–water partition coefficient (Wildman–Crippen LogP) is 4.31. The van der Waals surface area contributed by atoms with E-state index in [1.165, 1.54) is 12.1 Å². The Balaban J connectivity index is 2.21. The molecule has 1 aromatic heterocycles. The van der Waals surface area contributed by atoms with Crippen molar-refractivity contribution >= 4 is 17.5 Å². The monoisotopic (exact) mass is 319 g/mol. The highest BCUT2D eigenvalue weighted by atomic mass is 19.1. The molecule has 4 N–H and O–H groups in total. The Hall–Kier alpha value is -2.50. The zero-order valence-electron chi connectivity index (χ0n) is 13.8. The van der Waals surface area contributed by atoms with Crippen molar-refractivity contribution in [2.45, 2.75) is 39.7 Å². The molecule has 0 fully saturated rings. The van der Waals surface area contributed by atoms with Crippen LogP contribution in [0.3, 0.4) is 0 Å². The van der Waals surface area contributed by atoms with Crippen LogP contribution in [0.15, 0.2) is 24.3 Å². The summed E-state index contributed by atoms with van der Waals surface area (Å²) in [5.41, 5.74) is 8.19. The summed E-state index contributed by atoms with van der Waals surface area (Å²) < 4.78 is 19.3. The third kappa shape index (κ3) is 4.25. The van der Waals surface area contributed by atoms with Crippen molar-refractivity contribution in [2.75, 3.05) is 11.1 Å². The van der Waals surface area contributed by atoms with E-state index in [-0.39, 0.29) is 5.69 Å². The van der Waals surface area contributed by atoms with Crippen molar-refractivity contribution in [1.82, 2.24) is 4.98 Å². The van der Waals surface area contributed by atoms with Gasteiger partial charge < -0.3 is 15.5 Å². The Morgan fingerprint density at radius 2 is 2.04 bits per heavy atom. The van der Waals surface area contributed by atoms with Crippen molar-refractivity contribution in [1.29, 1.82) is 0 Å². The largest absolute Gasteiger partial charge is 0.444 e. The number of anilines is 2. The minimum Gasteiger partial charge on any atom is -0.444 e. The lowest BCUT2D eigenvalue weighted by Gasteiger charge is -2.19. The summed E-state index contributed by atoms with van der Waals surface area (Å²) in [6.07, 6.45) is 0.113. The van der Waals surface area contributed by atoms with Gasteiger partial charge in [-0.3, -0.25) is 5.32 Å². The molecule has 0 radical (unpaired) electrons. The molecule has 6 heteroatoms. The summed E-state index contributed by atoms with van der Waals surface area (Å²) in [4.78, 5) is 14.9. The first kappa shape index (κ1) is 16.9. The summed E-state index contributed by atoms with van der Waals surface area (Å²) in [5.74, 6) is -0.555. The van der Waals surface area contributed by atoms with Crippen molar-refractivity contribution in [2.24, 2.45) is 0 Å². The zero-order chi connectivity index (χ0) is 17.2. The van der Waals surface area contributed by atoms with E-state index in [1.54, 1.807) is 26.8 Å². The van der Waals surface area contributed by atoms with Crippen molar-refractivity contribution < 1.29 is 13.9 Å². The van der Waals surface area contributed by atoms with Gasteiger partial charge in [-0.15, -0.1) is 0 Å². The molecule has 2 aromatic rings. The molecule has 23 heavy (non-hydrogen) atoms. The minimum absolute atomic E-state index is 0.0591. The van der Waals surface area contributed by atoms with Gasteiger partial charge in [0.1, 0.15) is 11.4 Å². The number of carbonyl (C=O) groups is 1. The third-order valence-electron chi connectivity index (χ3n) is 3.18.